The van der Waals surface area contributed by atoms with Crippen LogP contribution < -0.4 is 21.7 Å². The molecule has 0 aliphatic carbocycles. The van der Waals surface area contributed by atoms with Gasteiger partial charge in [0.05, 0.1) is 18.8 Å². The Bertz CT molecular complexity index is 780. The summed E-state index contributed by atoms with van der Waals surface area (Å²) in [7, 11) is 0. The van der Waals surface area contributed by atoms with E-state index in [-0.39, 0.29) is 6.42 Å². The SMILES string of the molecule is C[C@@H]1C(NC(=O)CO)[C@@H](O)OC(CO)[C@H]1O[C@H](C)C(=O)N[C@H](C)C(=O)NC(CCC(=O)O)C(N)=O. The van der Waals surface area contributed by atoms with Gasteiger partial charge < -0.3 is 51.6 Å². The molecule has 3 unspecified atom stereocenters. The quantitative estimate of drug-likeness (QED) is 0.119. The molecular formula is C20H34N4O11. The molecule has 0 bridgehead atoms. The summed E-state index contributed by atoms with van der Waals surface area (Å²) in [5.41, 5.74) is 5.18. The van der Waals surface area contributed by atoms with E-state index >= 15 is 0 Å². The van der Waals surface area contributed by atoms with Crippen molar-refractivity contribution >= 4 is 29.6 Å². The molecule has 15 nitrogen and oxygen atoms in total. The summed E-state index contributed by atoms with van der Waals surface area (Å²) >= 11 is 0. The van der Waals surface area contributed by atoms with E-state index in [1.165, 1.54) is 13.8 Å². The second kappa shape index (κ2) is 13.9. The first kappa shape index (κ1) is 30.2. The fourth-order valence-corrected chi connectivity index (χ4v) is 3.48. The molecular weight excluding hydrogens is 472 g/mol. The predicted octanol–water partition coefficient (Wildman–Crippen LogP) is -4.08. The van der Waals surface area contributed by atoms with Gasteiger partial charge in [0.15, 0.2) is 6.29 Å². The van der Waals surface area contributed by atoms with Gasteiger partial charge >= 0.3 is 5.97 Å². The minimum atomic E-state index is -1.50. The van der Waals surface area contributed by atoms with Crippen molar-refractivity contribution in [2.75, 3.05) is 13.2 Å². The first-order valence-corrected chi connectivity index (χ1v) is 10.9. The van der Waals surface area contributed by atoms with Crippen LogP contribution in [0.1, 0.15) is 33.6 Å². The molecule has 0 aromatic carbocycles. The minimum Gasteiger partial charge on any atom is -0.481 e. The molecule has 35 heavy (non-hydrogen) atoms. The molecule has 8 atom stereocenters. The topological polar surface area (TPSA) is 247 Å². The summed E-state index contributed by atoms with van der Waals surface area (Å²) < 4.78 is 11.0. The van der Waals surface area contributed by atoms with Crippen LogP contribution in [-0.4, -0.2) is 106 Å². The van der Waals surface area contributed by atoms with Gasteiger partial charge in [-0.15, -0.1) is 0 Å². The zero-order valence-electron chi connectivity index (χ0n) is 19.7. The smallest absolute Gasteiger partial charge is 0.303 e. The van der Waals surface area contributed by atoms with Crippen LogP contribution in [0.25, 0.3) is 0 Å². The van der Waals surface area contributed by atoms with E-state index in [0.29, 0.717) is 0 Å². The number of nitrogens with one attached hydrogen (secondary N) is 3. The number of hydrogen-bond donors (Lipinski definition) is 8. The minimum absolute atomic E-state index is 0.224. The first-order chi connectivity index (χ1) is 16.3. The third-order valence-electron chi connectivity index (χ3n) is 5.51. The maximum atomic E-state index is 12.6. The van der Waals surface area contributed by atoms with Crippen LogP contribution in [-0.2, 0) is 33.4 Å². The van der Waals surface area contributed by atoms with E-state index in [9.17, 15) is 34.2 Å². The van der Waals surface area contributed by atoms with E-state index in [4.69, 9.17) is 25.4 Å². The summed E-state index contributed by atoms with van der Waals surface area (Å²) in [6, 6.07) is -3.39. The zero-order chi connectivity index (χ0) is 26.9. The second-order valence-corrected chi connectivity index (χ2v) is 8.23. The van der Waals surface area contributed by atoms with Crippen LogP contribution in [0, 0.1) is 5.92 Å². The van der Waals surface area contributed by atoms with E-state index in [0.717, 1.165) is 0 Å². The summed E-state index contributed by atoms with van der Waals surface area (Å²) in [4.78, 5) is 58.7. The number of carbonyl (C=O) groups is 5. The number of carboxylic acid groups (broad SMARTS) is 1. The molecule has 9 N–H and O–H groups in total. The van der Waals surface area contributed by atoms with Crippen molar-refractivity contribution in [1.29, 1.82) is 0 Å². The molecule has 1 aliphatic rings. The maximum Gasteiger partial charge on any atom is 0.303 e. The molecule has 1 saturated heterocycles. The maximum absolute atomic E-state index is 12.6. The highest BCUT2D eigenvalue weighted by atomic mass is 16.6. The van der Waals surface area contributed by atoms with Gasteiger partial charge in [-0.2, -0.15) is 0 Å². The summed E-state index contributed by atoms with van der Waals surface area (Å²) in [5, 5.41) is 44.5. The Morgan fingerprint density at radius 1 is 1.09 bits per heavy atom. The number of carboxylic acids is 1. The van der Waals surface area contributed by atoms with E-state index < -0.39 is 97.9 Å². The number of nitrogens with two attached hydrogens (primary N) is 1. The van der Waals surface area contributed by atoms with Crippen molar-refractivity contribution in [3.63, 3.8) is 0 Å². The normalized spacial score (nSPS) is 26.6. The van der Waals surface area contributed by atoms with Gasteiger partial charge in [-0.3, -0.25) is 24.0 Å². The first-order valence-electron chi connectivity index (χ1n) is 10.9. The van der Waals surface area contributed by atoms with Crippen molar-refractivity contribution in [3.05, 3.63) is 0 Å². The van der Waals surface area contributed by atoms with Crippen molar-refractivity contribution < 1.29 is 53.9 Å². The number of primary amides is 1. The van der Waals surface area contributed by atoms with Crippen molar-refractivity contribution in [1.82, 2.24) is 16.0 Å². The van der Waals surface area contributed by atoms with Crippen LogP contribution in [0.5, 0.6) is 0 Å². The number of hydrogen-bond acceptors (Lipinski definition) is 10. The number of aliphatic hydroxyl groups is 3. The lowest BCUT2D eigenvalue weighted by atomic mass is 9.88. The van der Waals surface area contributed by atoms with Gasteiger partial charge in [-0.25, -0.2) is 0 Å². The van der Waals surface area contributed by atoms with Gasteiger partial charge in [0.25, 0.3) is 0 Å². The number of aliphatic carboxylic acids is 1. The van der Waals surface area contributed by atoms with Gasteiger partial charge in [0.1, 0.15) is 30.9 Å². The van der Waals surface area contributed by atoms with Crippen LogP contribution >= 0.6 is 0 Å². The molecule has 0 aromatic rings. The van der Waals surface area contributed by atoms with E-state index in [1.54, 1.807) is 6.92 Å². The molecule has 0 saturated carbocycles. The third kappa shape index (κ3) is 9.03. The fourth-order valence-electron chi connectivity index (χ4n) is 3.48. The molecule has 1 aliphatic heterocycles. The average Bonchev–Trinajstić information content (AvgIpc) is 2.79. The highest BCUT2D eigenvalue weighted by Crippen LogP contribution is 2.28. The largest absolute Gasteiger partial charge is 0.481 e. The number of aliphatic hydroxyl groups excluding tert-OH is 3. The molecule has 4 amide bonds. The highest BCUT2D eigenvalue weighted by Gasteiger charge is 2.45. The predicted molar refractivity (Wildman–Crippen MR) is 116 cm³/mol. The third-order valence-corrected chi connectivity index (χ3v) is 5.51. The lowest BCUT2D eigenvalue weighted by Gasteiger charge is -2.44. The number of amides is 4. The monoisotopic (exact) mass is 506 g/mol. The number of ether oxygens (including phenoxy) is 2. The van der Waals surface area contributed by atoms with Crippen LogP contribution in [0.15, 0.2) is 0 Å². The van der Waals surface area contributed by atoms with Gasteiger partial charge in [-0.1, -0.05) is 6.92 Å². The van der Waals surface area contributed by atoms with Crippen molar-refractivity contribution in [3.8, 4) is 0 Å². The summed E-state index contributed by atoms with van der Waals surface area (Å²) in [6.45, 7) is 2.89. The van der Waals surface area contributed by atoms with Crippen molar-refractivity contribution in [2.24, 2.45) is 11.7 Å². The lowest BCUT2D eigenvalue weighted by Crippen LogP contribution is -2.62. The standard InChI is InChI=1S/C20H34N4O11/c1-8-15(24-13(27)7-26)20(33)35-12(6-25)16(8)34-10(3)19(32)22-9(2)18(31)23-11(17(21)30)4-5-14(28)29/h8-12,15-16,20,25-26,33H,4-7H2,1-3H3,(H2,21,30)(H,22,32)(H,23,31)(H,24,27)(H,28,29)/t8-,9-,10-,11?,12?,15?,16+,20+/m1/s1. The fraction of sp³-hybridized carbons (Fsp3) is 0.750. The lowest BCUT2D eigenvalue weighted by molar-refractivity contribution is -0.253. The van der Waals surface area contributed by atoms with Gasteiger partial charge in [0, 0.05) is 12.3 Å². The van der Waals surface area contributed by atoms with Gasteiger partial charge in [0.2, 0.25) is 23.6 Å². The Balaban J connectivity index is 2.78. The molecule has 200 valence electrons. The van der Waals surface area contributed by atoms with E-state index in [1.807, 2.05) is 0 Å². The Morgan fingerprint density at radius 2 is 1.71 bits per heavy atom. The second-order valence-electron chi connectivity index (χ2n) is 8.23. The molecule has 1 heterocycles. The van der Waals surface area contributed by atoms with Crippen LogP contribution in [0.3, 0.4) is 0 Å². The molecule has 0 spiro atoms. The number of carbonyl (C=O) groups excluding carboxylic acids is 4. The molecule has 0 radical (unpaired) electrons. The Labute approximate surface area is 201 Å². The summed E-state index contributed by atoms with van der Waals surface area (Å²) in [5.74, 6) is -5.05. The molecule has 1 rings (SSSR count). The Morgan fingerprint density at radius 3 is 2.23 bits per heavy atom. The molecule has 1 fully saturated rings. The van der Waals surface area contributed by atoms with Crippen molar-refractivity contribution in [2.45, 2.75) is 76.3 Å². The Hall–Kier alpha value is -2.85. The van der Waals surface area contributed by atoms with Crippen LogP contribution in [0.2, 0.25) is 0 Å². The van der Waals surface area contributed by atoms with E-state index in [2.05, 4.69) is 16.0 Å². The zero-order valence-corrected chi connectivity index (χ0v) is 19.7. The summed E-state index contributed by atoms with van der Waals surface area (Å²) in [6.07, 6.45) is -5.31. The highest BCUT2D eigenvalue weighted by molar-refractivity contribution is 5.92. The van der Waals surface area contributed by atoms with Crippen LogP contribution in [0.4, 0.5) is 0 Å². The number of rotatable bonds is 13. The van der Waals surface area contributed by atoms with Gasteiger partial charge in [-0.05, 0) is 20.3 Å². The average molecular weight is 507 g/mol. The molecule has 0 aromatic heterocycles. The Kier molecular flexibility index (Phi) is 12.0. The molecule has 15 heteroatoms.